The molecule has 5 aromatic rings. The van der Waals surface area contributed by atoms with Crippen LogP contribution >= 0.6 is 0 Å². The Morgan fingerprint density at radius 1 is 1.05 bits per heavy atom. The monoisotopic (exact) mass is 536 g/mol. The molecule has 0 saturated heterocycles. The van der Waals surface area contributed by atoms with E-state index >= 15 is 0 Å². The average Bonchev–Trinajstić information content (AvgIpc) is 2.97. The highest BCUT2D eigenvalue weighted by Gasteiger charge is 2.23. The first-order valence-corrected chi connectivity index (χ1v) is 12.5. The summed E-state index contributed by atoms with van der Waals surface area (Å²) >= 11 is 0. The lowest BCUT2D eigenvalue weighted by Crippen LogP contribution is -2.29. The van der Waals surface area contributed by atoms with Gasteiger partial charge in [-0.05, 0) is 42.3 Å². The molecule has 3 heterocycles. The number of nitrogen functional groups attached to an aromatic ring is 1. The van der Waals surface area contributed by atoms with E-state index in [9.17, 15) is 9.59 Å². The Labute approximate surface area is 230 Å². The van der Waals surface area contributed by atoms with Gasteiger partial charge in [0, 0.05) is 32.6 Å². The zero-order valence-electron chi connectivity index (χ0n) is 22.5. The summed E-state index contributed by atoms with van der Waals surface area (Å²) in [5.41, 5.74) is 8.48. The summed E-state index contributed by atoms with van der Waals surface area (Å²) in [4.78, 5) is 46.0. The molecule has 3 aromatic heterocycles. The maximum Gasteiger partial charge on any atom is 0.266 e. The van der Waals surface area contributed by atoms with Crippen LogP contribution in [0.4, 0.5) is 11.8 Å². The number of para-hydroxylation sites is 1. The number of hydrogen-bond donors (Lipinski definition) is 2. The SMILES string of the molecule is COc1cc(-c2cccc3nc([C@H](C)Nc4nc(N)ncc4C(=O)N(C)C)n(-c4ccccc4)c(=O)c23)ccn1. The fourth-order valence-electron chi connectivity index (χ4n) is 4.47. The minimum absolute atomic E-state index is 0.00866. The van der Waals surface area contributed by atoms with Crippen LogP contribution in [-0.2, 0) is 0 Å². The minimum atomic E-state index is -0.565. The molecule has 11 heteroatoms. The van der Waals surface area contributed by atoms with Crippen molar-refractivity contribution in [1.29, 1.82) is 0 Å². The van der Waals surface area contributed by atoms with Crippen molar-refractivity contribution in [1.82, 2.24) is 29.4 Å². The summed E-state index contributed by atoms with van der Waals surface area (Å²) in [7, 11) is 4.82. The van der Waals surface area contributed by atoms with Gasteiger partial charge in [-0.3, -0.25) is 14.2 Å². The number of nitrogens with two attached hydrogens (primary N) is 1. The van der Waals surface area contributed by atoms with Gasteiger partial charge in [-0.2, -0.15) is 4.98 Å². The molecular formula is C29H28N8O3. The van der Waals surface area contributed by atoms with E-state index in [-0.39, 0.29) is 28.8 Å². The fourth-order valence-corrected chi connectivity index (χ4v) is 4.47. The van der Waals surface area contributed by atoms with Crippen molar-refractivity contribution >= 4 is 28.6 Å². The van der Waals surface area contributed by atoms with Crippen molar-refractivity contribution in [2.24, 2.45) is 0 Å². The van der Waals surface area contributed by atoms with Gasteiger partial charge in [0.15, 0.2) is 0 Å². The van der Waals surface area contributed by atoms with Crippen LogP contribution in [0.25, 0.3) is 27.7 Å². The van der Waals surface area contributed by atoms with Gasteiger partial charge in [0.2, 0.25) is 11.8 Å². The van der Waals surface area contributed by atoms with Gasteiger partial charge in [-0.1, -0.05) is 30.3 Å². The molecule has 1 amide bonds. The lowest BCUT2D eigenvalue weighted by atomic mass is 10.0. The first-order valence-electron chi connectivity index (χ1n) is 12.5. The molecule has 0 saturated carbocycles. The molecule has 2 aromatic carbocycles. The standard InChI is InChI=1S/C29H28N8O3/c1-17(33-25-21(27(38)36(2)3)16-32-29(30)35-25)26-34-22-12-8-11-20(18-13-14-31-23(15-18)40-4)24(22)28(39)37(26)19-9-6-5-7-10-19/h5-17H,1-4H3,(H3,30,32,33,35)/t17-/m0/s1. The van der Waals surface area contributed by atoms with Gasteiger partial charge in [-0.25, -0.2) is 15.0 Å². The predicted molar refractivity (Wildman–Crippen MR) is 154 cm³/mol. The van der Waals surface area contributed by atoms with Crippen molar-refractivity contribution in [3.63, 3.8) is 0 Å². The van der Waals surface area contributed by atoms with E-state index in [4.69, 9.17) is 15.5 Å². The lowest BCUT2D eigenvalue weighted by Gasteiger charge is -2.22. The van der Waals surface area contributed by atoms with Gasteiger partial charge in [0.1, 0.15) is 17.2 Å². The Kier molecular flexibility index (Phi) is 7.11. The van der Waals surface area contributed by atoms with Crippen molar-refractivity contribution in [2.45, 2.75) is 13.0 Å². The number of pyridine rings is 1. The van der Waals surface area contributed by atoms with E-state index < -0.39 is 6.04 Å². The van der Waals surface area contributed by atoms with Crippen LogP contribution in [0.1, 0.15) is 29.1 Å². The molecular weight excluding hydrogens is 508 g/mol. The number of carbonyl (C=O) groups excluding carboxylic acids is 1. The third kappa shape index (κ3) is 4.92. The molecule has 0 aliphatic heterocycles. The number of ether oxygens (including phenoxy) is 1. The largest absolute Gasteiger partial charge is 0.481 e. The number of nitrogens with zero attached hydrogens (tertiary/aromatic N) is 6. The molecule has 0 radical (unpaired) electrons. The quantitative estimate of drug-likeness (QED) is 0.318. The van der Waals surface area contributed by atoms with E-state index in [1.165, 1.54) is 11.1 Å². The van der Waals surface area contributed by atoms with E-state index in [1.807, 2.05) is 55.5 Å². The number of fused-ring (bicyclic) bond motifs is 1. The molecule has 0 bridgehead atoms. The summed E-state index contributed by atoms with van der Waals surface area (Å²) in [5, 5.41) is 3.69. The minimum Gasteiger partial charge on any atom is -0.481 e. The van der Waals surface area contributed by atoms with Crippen LogP contribution < -0.4 is 21.3 Å². The van der Waals surface area contributed by atoms with Crippen molar-refractivity contribution in [3.8, 4) is 22.7 Å². The smallest absolute Gasteiger partial charge is 0.266 e. The molecule has 0 aliphatic carbocycles. The summed E-state index contributed by atoms with van der Waals surface area (Å²) in [6.07, 6.45) is 3.02. The summed E-state index contributed by atoms with van der Waals surface area (Å²) < 4.78 is 6.87. The second kappa shape index (κ2) is 10.8. The number of anilines is 2. The topological polar surface area (TPSA) is 141 Å². The predicted octanol–water partition coefficient (Wildman–Crippen LogP) is 3.70. The normalized spacial score (nSPS) is 11.7. The number of amides is 1. The number of rotatable bonds is 7. The highest BCUT2D eigenvalue weighted by molar-refractivity contribution is 5.98. The maximum atomic E-state index is 14.3. The highest BCUT2D eigenvalue weighted by atomic mass is 16.5. The van der Waals surface area contributed by atoms with Gasteiger partial charge < -0.3 is 20.7 Å². The van der Waals surface area contributed by atoms with Gasteiger partial charge in [0.25, 0.3) is 11.5 Å². The fraction of sp³-hybridized carbons (Fsp3) is 0.172. The third-order valence-electron chi connectivity index (χ3n) is 6.38. The number of hydrogen-bond acceptors (Lipinski definition) is 9. The molecule has 3 N–H and O–H groups in total. The van der Waals surface area contributed by atoms with E-state index in [0.717, 1.165) is 5.56 Å². The number of nitrogens with one attached hydrogen (secondary N) is 1. The van der Waals surface area contributed by atoms with Crippen LogP contribution in [0.2, 0.25) is 0 Å². The van der Waals surface area contributed by atoms with Crippen LogP contribution in [-0.4, -0.2) is 56.5 Å². The number of aromatic nitrogens is 5. The van der Waals surface area contributed by atoms with Crippen LogP contribution in [0.3, 0.4) is 0 Å². The van der Waals surface area contributed by atoms with Crippen LogP contribution in [0.5, 0.6) is 5.88 Å². The van der Waals surface area contributed by atoms with Gasteiger partial charge in [-0.15, -0.1) is 0 Å². The number of benzene rings is 2. The third-order valence-corrected chi connectivity index (χ3v) is 6.38. The zero-order chi connectivity index (χ0) is 28.4. The Balaban J connectivity index is 1.72. The average molecular weight is 537 g/mol. The summed E-state index contributed by atoms with van der Waals surface area (Å²) in [5.74, 6) is 0.819. The molecule has 1 atom stereocenters. The van der Waals surface area contributed by atoms with E-state index in [0.29, 0.717) is 33.9 Å². The Hall–Kier alpha value is -5.32. The zero-order valence-corrected chi connectivity index (χ0v) is 22.5. The molecule has 0 unspecified atom stereocenters. The van der Waals surface area contributed by atoms with Gasteiger partial charge >= 0.3 is 0 Å². The molecule has 0 aliphatic rings. The van der Waals surface area contributed by atoms with Gasteiger partial charge in [0.05, 0.1) is 29.7 Å². The van der Waals surface area contributed by atoms with E-state index in [1.54, 1.807) is 44.1 Å². The summed E-state index contributed by atoms with van der Waals surface area (Å²) in [6, 6.07) is 17.8. The highest BCUT2D eigenvalue weighted by Crippen LogP contribution is 2.30. The van der Waals surface area contributed by atoms with Crippen molar-refractivity contribution in [2.75, 3.05) is 32.3 Å². The van der Waals surface area contributed by atoms with Crippen LogP contribution in [0, 0.1) is 0 Å². The first-order chi connectivity index (χ1) is 19.3. The molecule has 0 fully saturated rings. The van der Waals surface area contributed by atoms with Crippen molar-refractivity contribution in [3.05, 3.63) is 94.8 Å². The first kappa shape index (κ1) is 26.3. The second-order valence-corrected chi connectivity index (χ2v) is 9.29. The second-order valence-electron chi connectivity index (χ2n) is 9.29. The Morgan fingerprint density at radius 3 is 2.55 bits per heavy atom. The Bertz CT molecular complexity index is 1770. The summed E-state index contributed by atoms with van der Waals surface area (Å²) in [6.45, 7) is 1.84. The molecule has 40 heavy (non-hydrogen) atoms. The maximum absolute atomic E-state index is 14.3. The van der Waals surface area contributed by atoms with Crippen LogP contribution in [0.15, 0.2) is 77.9 Å². The Morgan fingerprint density at radius 2 is 1.82 bits per heavy atom. The molecule has 202 valence electrons. The lowest BCUT2D eigenvalue weighted by molar-refractivity contribution is 0.0827. The molecule has 5 rings (SSSR count). The number of carbonyl (C=O) groups is 1. The number of methoxy groups -OCH3 is 1. The molecule has 0 spiro atoms. The van der Waals surface area contributed by atoms with Crippen molar-refractivity contribution < 1.29 is 9.53 Å². The van der Waals surface area contributed by atoms with E-state index in [2.05, 4.69) is 20.3 Å². The molecule has 11 nitrogen and oxygen atoms in total.